The summed E-state index contributed by atoms with van der Waals surface area (Å²) in [6, 6.07) is 5.16. The van der Waals surface area contributed by atoms with Gasteiger partial charge in [-0.3, -0.25) is 19.4 Å². The number of guanidine groups is 1. The van der Waals surface area contributed by atoms with E-state index in [2.05, 4.69) is 20.9 Å². The van der Waals surface area contributed by atoms with Crippen molar-refractivity contribution in [3.63, 3.8) is 0 Å². The summed E-state index contributed by atoms with van der Waals surface area (Å²) in [5.74, 6) is -3.47. The Labute approximate surface area is 205 Å². The Hall–Kier alpha value is -3.67. The number of carboxylic acids is 1. The number of nitrogens with two attached hydrogens (primary N) is 3. The van der Waals surface area contributed by atoms with Crippen molar-refractivity contribution >= 4 is 29.7 Å². The van der Waals surface area contributed by atoms with E-state index in [1.807, 2.05) is 30.3 Å². The first-order valence-electron chi connectivity index (χ1n) is 11.4. The average Bonchev–Trinajstić information content (AvgIpc) is 2.78. The zero-order valence-electron chi connectivity index (χ0n) is 20.4. The van der Waals surface area contributed by atoms with Crippen LogP contribution in [0.25, 0.3) is 0 Å². The second-order valence-corrected chi connectivity index (χ2v) is 8.60. The minimum Gasteiger partial charge on any atom is -0.480 e. The van der Waals surface area contributed by atoms with Crippen molar-refractivity contribution in [2.24, 2.45) is 28.1 Å². The molecule has 0 spiro atoms. The lowest BCUT2D eigenvalue weighted by atomic mass is 10.0. The van der Waals surface area contributed by atoms with Crippen molar-refractivity contribution in [3.05, 3.63) is 35.9 Å². The van der Waals surface area contributed by atoms with Crippen LogP contribution in [-0.2, 0) is 25.6 Å². The topological polar surface area (TPSA) is 215 Å². The minimum absolute atomic E-state index is 0.107. The number of hydrogen-bond donors (Lipinski definition) is 7. The number of nitrogens with zero attached hydrogens (tertiary/aromatic N) is 1. The zero-order valence-corrected chi connectivity index (χ0v) is 20.4. The smallest absolute Gasteiger partial charge is 0.326 e. The molecule has 0 saturated carbocycles. The van der Waals surface area contributed by atoms with Gasteiger partial charge in [-0.1, -0.05) is 44.2 Å². The summed E-state index contributed by atoms with van der Waals surface area (Å²) in [5.41, 5.74) is 17.5. The number of nitrogens with one attached hydrogen (secondary N) is 3. The summed E-state index contributed by atoms with van der Waals surface area (Å²) in [6.45, 7) is 4.99. The van der Waals surface area contributed by atoms with E-state index in [0.29, 0.717) is 12.8 Å². The molecule has 0 heterocycles. The van der Waals surface area contributed by atoms with Gasteiger partial charge in [-0.25, -0.2) is 4.79 Å². The number of amides is 3. The molecule has 12 nitrogen and oxygen atoms in total. The van der Waals surface area contributed by atoms with Gasteiger partial charge >= 0.3 is 5.97 Å². The molecule has 194 valence electrons. The normalized spacial score (nSPS) is 14.2. The van der Waals surface area contributed by atoms with Crippen LogP contribution in [0, 0.1) is 5.92 Å². The molecule has 1 aromatic carbocycles. The van der Waals surface area contributed by atoms with Crippen molar-refractivity contribution in [2.75, 3.05) is 6.54 Å². The summed E-state index contributed by atoms with van der Waals surface area (Å²) in [4.78, 5) is 53.3. The first-order valence-corrected chi connectivity index (χ1v) is 11.4. The number of carbonyl (C=O) groups excluding carboxylic acids is 3. The first kappa shape index (κ1) is 29.4. The summed E-state index contributed by atoms with van der Waals surface area (Å²) in [6.07, 6.45) is 0.786. The Bertz CT molecular complexity index is 888. The van der Waals surface area contributed by atoms with Gasteiger partial charge in [0.15, 0.2) is 5.96 Å². The van der Waals surface area contributed by atoms with E-state index < -0.39 is 47.9 Å². The monoisotopic (exact) mass is 491 g/mol. The van der Waals surface area contributed by atoms with Crippen LogP contribution in [0.15, 0.2) is 35.3 Å². The van der Waals surface area contributed by atoms with Gasteiger partial charge in [0, 0.05) is 6.54 Å². The molecule has 0 bridgehead atoms. The third kappa shape index (κ3) is 10.9. The molecule has 0 radical (unpaired) electrons. The third-order valence-corrected chi connectivity index (χ3v) is 5.20. The summed E-state index contributed by atoms with van der Waals surface area (Å²) < 4.78 is 0. The molecule has 10 N–H and O–H groups in total. The lowest BCUT2D eigenvalue weighted by molar-refractivity contribution is -0.143. The van der Waals surface area contributed by atoms with E-state index in [1.54, 1.807) is 13.8 Å². The van der Waals surface area contributed by atoms with Crippen LogP contribution in [0.4, 0.5) is 0 Å². The van der Waals surface area contributed by atoms with Gasteiger partial charge < -0.3 is 38.3 Å². The molecular formula is C23H37N7O5. The van der Waals surface area contributed by atoms with Crippen LogP contribution in [0.1, 0.15) is 39.2 Å². The number of rotatable bonds is 14. The SMILES string of the molecule is CC(NC(=O)C(N)Cc1ccccc1)C(=O)NC(CCCN=C(N)N)C(=O)NC(C(=O)O)C(C)C. The number of aliphatic imine (C=N–C) groups is 1. The van der Waals surface area contributed by atoms with Gasteiger partial charge in [0.1, 0.15) is 18.1 Å². The van der Waals surface area contributed by atoms with Gasteiger partial charge in [0.2, 0.25) is 17.7 Å². The van der Waals surface area contributed by atoms with E-state index in [0.717, 1.165) is 5.56 Å². The van der Waals surface area contributed by atoms with Crippen molar-refractivity contribution < 1.29 is 24.3 Å². The van der Waals surface area contributed by atoms with E-state index in [9.17, 15) is 24.3 Å². The lowest BCUT2D eigenvalue weighted by Gasteiger charge is -2.25. The molecule has 1 aromatic rings. The highest BCUT2D eigenvalue weighted by Crippen LogP contribution is 2.06. The Balaban J connectivity index is 2.80. The van der Waals surface area contributed by atoms with Crippen LogP contribution in [0.3, 0.4) is 0 Å². The number of carbonyl (C=O) groups is 4. The minimum atomic E-state index is -1.19. The molecule has 0 fully saturated rings. The summed E-state index contributed by atoms with van der Waals surface area (Å²) in [5, 5.41) is 16.9. The van der Waals surface area contributed by atoms with Crippen molar-refractivity contribution in [1.82, 2.24) is 16.0 Å². The van der Waals surface area contributed by atoms with Crippen LogP contribution in [0.2, 0.25) is 0 Å². The molecule has 0 aliphatic carbocycles. The fourth-order valence-electron chi connectivity index (χ4n) is 3.18. The molecule has 12 heteroatoms. The van der Waals surface area contributed by atoms with Crippen LogP contribution < -0.4 is 33.2 Å². The maximum atomic E-state index is 12.8. The number of benzene rings is 1. The van der Waals surface area contributed by atoms with Crippen molar-refractivity contribution in [2.45, 2.75) is 64.2 Å². The van der Waals surface area contributed by atoms with Crippen LogP contribution in [-0.4, -0.2) is 65.5 Å². The highest BCUT2D eigenvalue weighted by atomic mass is 16.4. The summed E-state index contributed by atoms with van der Waals surface area (Å²) >= 11 is 0. The number of carboxylic acid groups (broad SMARTS) is 1. The predicted molar refractivity (Wildman–Crippen MR) is 132 cm³/mol. The van der Waals surface area contributed by atoms with Gasteiger partial charge in [-0.05, 0) is 37.7 Å². The van der Waals surface area contributed by atoms with Gasteiger partial charge in [0.05, 0.1) is 6.04 Å². The Morgan fingerprint density at radius 1 is 0.943 bits per heavy atom. The average molecular weight is 492 g/mol. The molecule has 0 saturated heterocycles. The van der Waals surface area contributed by atoms with Gasteiger partial charge in [-0.15, -0.1) is 0 Å². The maximum absolute atomic E-state index is 12.8. The lowest BCUT2D eigenvalue weighted by Crippen LogP contribution is -2.57. The van der Waals surface area contributed by atoms with E-state index >= 15 is 0 Å². The largest absolute Gasteiger partial charge is 0.480 e. The molecule has 4 unspecified atom stereocenters. The molecular weight excluding hydrogens is 454 g/mol. The molecule has 3 amide bonds. The molecule has 1 rings (SSSR count). The zero-order chi connectivity index (χ0) is 26.5. The fraction of sp³-hybridized carbons (Fsp3) is 0.522. The van der Waals surface area contributed by atoms with Crippen molar-refractivity contribution in [3.8, 4) is 0 Å². The maximum Gasteiger partial charge on any atom is 0.326 e. The van der Waals surface area contributed by atoms with Gasteiger partial charge in [0.25, 0.3) is 0 Å². The molecule has 0 aliphatic rings. The molecule has 4 atom stereocenters. The predicted octanol–water partition coefficient (Wildman–Crippen LogP) is -1.18. The molecule has 0 aliphatic heterocycles. The van der Waals surface area contributed by atoms with E-state index in [-0.39, 0.29) is 24.8 Å². The highest BCUT2D eigenvalue weighted by molar-refractivity contribution is 5.94. The molecule has 0 aromatic heterocycles. The molecule has 35 heavy (non-hydrogen) atoms. The quantitative estimate of drug-likeness (QED) is 0.0953. The second kappa shape index (κ2) is 14.6. The Kier molecular flexibility index (Phi) is 12.2. The Morgan fingerprint density at radius 3 is 2.11 bits per heavy atom. The van der Waals surface area contributed by atoms with Crippen LogP contribution in [0.5, 0.6) is 0 Å². The summed E-state index contributed by atoms with van der Waals surface area (Å²) in [7, 11) is 0. The number of hydrogen-bond acceptors (Lipinski definition) is 6. The number of aliphatic carboxylic acids is 1. The Morgan fingerprint density at radius 2 is 1.57 bits per heavy atom. The van der Waals surface area contributed by atoms with Crippen LogP contribution >= 0.6 is 0 Å². The third-order valence-electron chi connectivity index (χ3n) is 5.20. The first-order chi connectivity index (χ1) is 16.4. The fourth-order valence-corrected chi connectivity index (χ4v) is 3.18. The second-order valence-electron chi connectivity index (χ2n) is 8.60. The van der Waals surface area contributed by atoms with E-state index in [1.165, 1.54) is 6.92 Å². The highest BCUT2D eigenvalue weighted by Gasteiger charge is 2.30. The van der Waals surface area contributed by atoms with Gasteiger partial charge in [-0.2, -0.15) is 0 Å². The standard InChI is InChI=1S/C23H37N7O5/c1-13(2)18(22(34)35)30-21(33)17(10-7-11-27-23(25)26)29-19(31)14(3)28-20(32)16(24)12-15-8-5-4-6-9-15/h4-6,8-9,13-14,16-18H,7,10-12,24H2,1-3H3,(H,28,32)(H,29,31)(H,30,33)(H,34,35)(H4,25,26,27). The van der Waals surface area contributed by atoms with E-state index in [4.69, 9.17) is 17.2 Å². The van der Waals surface area contributed by atoms with Crippen molar-refractivity contribution in [1.29, 1.82) is 0 Å².